The molecule has 1 aliphatic carbocycles. The molecule has 3 heterocycles. The van der Waals surface area contributed by atoms with E-state index in [9.17, 15) is 0 Å². The van der Waals surface area contributed by atoms with Gasteiger partial charge in [0.1, 0.15) is 11.2 Å². The van der Waals surface area contributed by atoms with Gasteiger partial charge in [0, 0.05) is 49.7 Å². The third-order valence-electron chi connectivity index (χ3n) is 13.3. The van der Waals surface area contributed by atoms with E-state index in [-0.39, 0.29) is 6.04 Å². The lowest BCUT2D eigenvalue weighted by molar-refractivity contribution is 0.669. The first kappa shape index (κ1) is 35.6. The first-order chi connectivity index (χ1) is 31.2. The molecule has 0 radical (unpaired) electrons. The van der Waals surface area contributed by atoms with E-state index in [0.29, 0.717) is 0 Å². The molecule has 11 aromatic rings. The summed E-state index contributed by atoms with van der Waals surface area (Å²) in [5.74, 6) is 0. The number of fused-ring (bicyclic) bond motifs is 9. The largest absolute Gasteiger partial charge is 0.456 e. The molecule has 13 rings (SSSR count). The van der Waals surface area contributed by atoms with Crippen LogP contribution in [0.15, 0.2) is 229 Å². The van der Waals surface area contributed by atoms with Gasteiger partial charge in [-0.2, -0.15) is 0 Å². The highest BCUT2D eigenvalue weighted by Gasteiger charge is 2.37. The Hall–Kier alpha value is -8.14. The molecule has 0 saturated carbocycles. The van der Waals surface area contributed by atoms with Crippen LogP contribution in [-0.4, -0.2) is 10.6 Å². The second-order valence-electron chi connectivity index (χ2n) is 16.8. The second kappa shape index (κ2) is 14.2. The van der Waals surface area contributed by atoms with E-state index in [2.05, 4.69) is 222 Å². The van der Waals surface area contributed by atoms with E-state index in [4.69, 9.17) is 4.42 Å². The highest BCUT2D eigenvalue weighted by atomic mass is 16.3. The van der Waals surface area contributed by atoms with E-state index in [0.717, 1.165) is 34.0 Å². The van der Waals surface area contributed by atoms with Crippen molar-refractivity contribution in [3.05, 3.63) is 236 Å². The Morgan fingerprint density at radius 2 is 1.06 bits per heavy atom. The van der Waals surface area contributed by atoms with Crippen molar-refractivity contribution in [2.24, 2.45) is 0 Å². The first-order valence-corrected chi connectivity index (χ1v) is 21.8. The lowest BCUT2D eigenvalue weighted by atomic mass is 9.87. The number of benzene rings is 9. The van der Waals surface area contributed by atoms with Crippen LogP contribution in [0.2, 0.25) is 0 Å². The maximum Gasteiger partial charge on any atom is 0.135 e. The van der Waals surface area contributed by atoms with Crippen molar-refractivity contribution in [3.63, 3.8) is 0 Å². The van der Waals surface area contributed by atoms with Crippen LogP contribution in [0.5, 0.6) is 0 Å². The Morgan fingerprint density at radius 1 is 0.397 bits per heavy atom. The van der Waals surface area contributed by atoms with Gasteiger partial charge in [-0.05, 0) is 106 Å². The van der Waals surface area contributed by atoms with Gasteiger partial charge in [-0.25, -0.2) is 0 Å². The van der Waals surface area contributed by atoms with Crippen molar-refractivity contribution in [2.45, 2.75) is 12.5 Å². The van der Waals surface area contributed by atoms with Gasteiger partial charge in [0.15, 0.2) is 0 Å². The van der Waals surface area contributed by atoms with Crippen LogP contribution in [0.1, 0.15) is 17.5 Å². The molecule has 0 fully saturated rings. The third-order valence-corrected chi connectivity index (χ3v) is 13.3. The average Bonchev–Trinajstić information content (AvgIpc) is 4.02. The fourth-order valence-corrected chi connectivity index (χ4v) is 10.5. The van der Waals surface area contributed by atoms with Crippen molar-refractivity contribution in [1.82, 2.24) is 4.57 Å². The van der Waals surface area contributed by atoms with Crippen LogP contribution in [-0.2, 0) is 0 Å². The Morgan fingerprint density at radius 3 is 1.94 bits per heavy atom. The third kappa shape index (κ3) is 5.67. The van der Waals surface area contributed by atoms with Gasteiger partial charge >= 0.3 is 0 Å². The van der Waals surface area contributed by atoms with Crippen molar-refractivity contribution >= 4 is 66.3 Å². The minimum absolute atomic E-state index is 0.193. The van der Waals surface area contributed by atoms with Gasteiger partial charge in [-0.3, -0.25) is 0 Å². The molecule has 63 heavy (non-hydrogen) atoms. The molecule has 296 valence electrons. The van der Waals surface area contributed by atoms with E-state index < -0.39 is 0 Å². The SMILES string of the molecule is C1=C(c2cccc3c4ccccc4n(-c4ccc(-c5ccccc5)c(-c5ccc(-c6ccc7oc8ccccc8c7c6)cc5)c4)c23)CC2C(=C1)c1ccccc1N2c1ccccc1. The van der Waals surface area contributed by atoms with Crippen LogP contribution in [0.25, 0.3) is 94.0 Å². The minimum atomic E-state index is 0.193. The molecule has 1 aliphatic heterocycles. The quantitative estimate of drug-likeness (QED) is 0.167. The van der Waals surface area contributed by atoms with Crippen molar-refractivity contribution in [2.75, 3.05) is 4.90 Å². The predicted molar refractivity (Wildman–Crippen MR) is 264 cm³/mol. The fraction of sp³-hybridized carbons (Fsp3) is 0.0333. The standard InChI is InChI=1S/C60H40N2O/c1-3-14-40(15-4-1)46-34-32-45(38-53(46)41-28-26-39(27-29-41)42-31-35-59-54(36-42)51-20-9-12-25-58(51)63-59)62-56-24-11-8-19-49(56)52-22-13-21-47(60(52)62)43-30-33-50-48-18-7-10-23-55(48)61(57(50)37-43)44-16-5-2-6-17-44/h1-36,38,57H,37H2. The number of allylic oxidation sites excluding steroid dienone is 2. The maximum atomic E-state index is 6.15. The Labute approximate surface area is 365 Å². The van der Waals surface area contributed by atoms with Crippen LogP contribution in [0.4, 0.5) is 11.4 Å². The van der Waals surface area contributed by atoms with E-state index >= 15 is 0 Å². The smallest absolute Gasteiger partial charge is 0.135 e. The molecule has 2 aliphatic rings. The molecule has 0 spiro atoms. The number of anilines is 2. The Balaban J connectivity index is 0.959. The summed E-state index contributed by atoms with van der Waals surface area (Å²) >= 11 is 0. The normalized spacial score (nSPS) is 14.6. The number of aromatic nitrogens is 1. The van der Waals surface area contributed by atoms with Crippen molar-refractivity contribution in [1.29, 1.82) is 0 Å². The molecule has 3 nitrogen and oxygen atoms in total. The lowest BCUT2D eigenvalue weighted by Gasteiger charge is -2.31. The maximum absolute atomic E-state index is 6.15. The average molecular weight is 805 g/mol. The molecule has 9 aromatic carbocycles. The predicted octanol–water partition coefficient (Wildman–Crippen LogP) is 16.1. The summed E-state index contributed by atoms with van der Waals surface area (Å²) in [6.45, 7) is 0. The van der Waals surface area contributed by atoms with Gasteiger partial charge in [0.25, 0.3) is 0 Å². The van der Waals surface area contributed by atoms with E-state index in [1.807, 2.05) is 12.1 Å². The van der Waals surface area contributed by atoms with Crippen molar-refractivity contribution in [3.8, 4) is 39.1 Å². The zero-order valence-electron chi connectivity index (χ0n) is 34.4. The number of furan rings is 1. The molecule has 3 heteroatoms. The van der Waals surface area contributed by atoms with Gasteiger partial charge in [-0.15, -0.1) is 0 Å². The summed E-state index contributed by atoms with van der Waals surface area (Å²) in [6, 6.07) is 77.4. The Kier molecular flexibility index (Phi) is 8.04. The minimum Gasteiger partial charge on any atom is -0.456 e. The number of hydrogen-bond donors (Lipinski definition) is 0. The van der Waals surface area contributed by atoms with Crippen LogP contribution in [0, 0.1) is 0 Å². The van der Waals surface area contributed by atoms with Crippen LogP contribution >= 0.6 is 0 Å². The lowest BCUT2D eigenvalue weighted by Crippen LogP contribution is -2.28. The zero-order valence-corrected chi connectivity index (χ0v) is 34.4. The molecule has 0 bridgehead atoms. The molecule has 0 N–H and O–H groups in total. The highest BCUT2D eigenvalue weighted by molar-refractivity contribution is 6.13. The number of rotatable bonds is 6. The molecular weight excluding hydrogens is 765 g/mol. The highest BCUT2D eigenvalue weighted by Crippen LogP contribution is 2.50. The zero-order chi connectivity index (χ0) is 41.4. The topological polar surface area (TPSA) is 21.3 Å². The molecule has 0 amide bonds. The molecule has 1 unspecified atom stereocenters. The summed E-state index contributed by atoms with van der Waals surface area (Å²) in [6.07, 6.45) is 5.65. The number of nitrogens with zero attached hydrogens (tertiary/aromatic N) is 2. The van der Waals surface area contributed by atoms with Gasteiger partial charge < -0.3 is 13.9 Å². The second-order valence-corrected chi connectivity index (χ2v) is 16.8. The molecule has 0 saturated heterocycles. The first-order valence-electron chi connectivity index (χ1n) is 21.8. The molecular formula is C60H40N2O. The molecule has 2 aromatic heterocycles. The van der Waals surface area contributed by atoms with E-state index in [1.165, 1.54) is 88.8 Å². The summed E-state index contributed by atoms with van der Waals surface area (Å²) in [5, 5.41) is 4.79. The van der Waals surface area contributed by atoms with Crippen LogP contribution in [0.3, 0.4) is 0 Å². The monoisotopic (exact) mass is 804 g/mol. The summed E-state index contributed by atoms with van der Waals surface area (Å²) < 4.78 is 8.66. The molecule has 1 atom stereocenters. The van der Waals surface area contributed by atoms with Crippen molar-refractivity contribution < 1.29 is 4.42 Å². The van der Waals surface area contributed by atoms with Gasteiger partial charge in [0.2, 0.25) is 0 Å². The Bertz CT molecular complexity index is 3640. The summed E-state index contributed by atoms with van der Waals surface area (Å²) in [5.41, 5.74) is 20.3. The van der Waals surface area contributed by atoms with Crippen LogP contribution < -0.4 is 4.90 Å². The summed E-state index contributed by atoms with van der Waals surface area (Å²) in [7, 11) is 0. The number of para-hydroxylation sites is 5. The summed E-state index contributed by atoms with van der Waals surface area (Å²) in [4.78, 5) is 2.54. The van der Waals surface area contributed by atoms with E-state index in [1.54, 1.807) is 0 Å². The fourth-order valence-electron chi connectivity index (χ4n) is 10.5. The van der Waals surface area contributed by atoms with Gasteiger partial charge in [0.05, 0.1) is 17.1 Å². The van der Waals surface area contributed by atoms with Gasteiger partial charge in [-0.1, -0.05) is 170 Å². The number of hydrogen-bond acceptors (Lipinski definition) is 2.